The summed E-state index contributed by atoms with van der Waals surface area (Å²) in [6, 6.07) is 4.47. The molecule has 3 aromatic rings. The van der Waals surface area contributed by atoms with Crippen LogP contribution in [0.5, 0.6) is 5.75 Å². The van der Waals surface area contributed by atoms with E-state index in [1.54, 1.807) is 13.3 Å². The van der Waals surface area contributed by atoms with Gasteiger partial charge in [-0.3, -0.25) is 9.58 Å². The first-order valence-electron chi connectivity index (χ1n) is 9.39. The van der Waals surface area contributed by atoms with Crippen LogP contribution in [0.1, 0.15) is 31.5 Å². The van der Waals surface area contributed by atoms with Crippen LogP contribution in [0, 0.1) is 18.8 Å². The molecular weight excluding hydrogens is 338 g/mol. The van der Waals surface area contributed by atoms with Crippen LogP contribution in [0.3, 0.4) is 0 Å². The highest BCUT2D eigenvalue weighted by Crippen LogP contribution is 2.32. The summed E-state index contributed by atoms with van der Waals surface area (Å²) >= 11 is 0. The summed E-state index contributed by atoms with van der Waals surface area (Å²) < 4.78 is 9.60. The Morgan fingerprint density at radius 2 is 2.07 bits per heavy atom. The van der Waals surface area contributed by atoms with Crippen LogP contribution in [0.25, 0.3) is 16.6 Å². The van der Waals surface area contributed by atoms with Gasteiger partial charge in [0.2, 0.25) is 0 Å². The van der Waals surface area contributed by atoms with Crippen molar-refractivity contribution in [3.05, 3.63) is 36.4 Å². The van der Waals surface area contributed by atoms with E-state index in [4.69, 9.17) is 9.84 Å². The Bertz CT molecular complexity index is 999. The van der Waals surface area contributed by atoms with Crippen LogP contribution >= 0.6 is 0 Å². The number of ether oxygens (including phenoxy) is 1. The first-order chi connectivity index (χ1) is 13.2. The SMILES string of the molecule is CC#CCN1CCC(n2ncc(-c3cc(OC)c4ccnn4c3)c2C)CC1. The van der Waals surface area contributed by atoms with Crippen LogP contribution < -0.4 is 4.74 Å². The van der Waals surface area contributed by atoms with E-state index in [0.717, 1.165) is 54.9 Å². The molecule has 6 nitrogen and oxygen atoms in total. The fourth-order valence-corrected chi connectivity index (χ4v) is 3.90. The molecule has 0 radical (unpaired) electrons. The number of hydrogen-bond acceptors (Lipinski definition) is 4. The number of piperidine rings is 1. The van der Waals surface area contributed by atoms with Crippen molar-refractivity contribution in [3.8, 4) is 28.7 Å². The third-order valence-electron chi connectivity index (χ3n) is 5.43. The van der Waals surface area contributed by atoms with Gasteiger partial charge in [0.25, 0.3) is 0 Å². The Morgan fingerprint density at radius 1 is 1.26 bits per heavy atom. The molecule has 0 amide bonds. The number of nitrogens with zero attached hydrogens (tertiary/aromatic N) is 5. The molecule has 140 valence electrons. The van der Waals surface area contributed by atoms with Crippen molar-refractivity contribution in [1.82, 2.24) is 24.3 Å². The Balaban J connectivity index is 1.59. The zero-order valence-electron chi connectivity index (χ0n) is 16.1. The van der Waals surface area contributed by atoms with Crippen molar-refractivity contribution in [2.24, 2.45) is 0 Å². The topological polar surface area (TPSA) is 47.6 Å². The molecule has 0 atom stereocenters. The van der Waals surface area contributed by atoms with Gasteiger partial charge in [0, 0.05) is 36.1 Å². The van der Waals surface area contributed by atoms with Crippen molar-refractivity contribution >= 4 is 5.52 Å². The van der Waals surface area contributed by atoms with Crippen molar-refractivity contribution in [1.29, 1.82) is 0 Å². The minimum absolute atomic E-state index is 0.444. The van der Waals surface area contributed by atoms with E-state index in [-0.39, 0.29) is 0 Å². The zero-order valence-corrected chi connectivity index (χ0v) is 16.1. The molecule has 27 heavy (non-hydrogen) atoms. The average molecular weight is 363 g/mol. The van der Waals surface area contributed by atoms with E-state index < -0.39 is 0 Å². The molecule has 0 bridgehead atoms. The lowest BCUT2D eigenvalue weighted by atomic mass is 10.0. The van der Waals surface area contributed by atoms with Crippen LogP contribution in [0.4, 0.5) is 0 Å². The minimum Gasteiger partial charge on any atom is -0.494 e. The monoisotopic (exact) mass is 363 g/mol. The second-order valence-corrected chi connectivity index (χ2v) is 6.98. The standard InChI is InChI=1S/C21H25N5O/c1-4-5-10-24-11-7-18(8-12-24)26-16(2)19(14-23-26)17-13-21(27-3)20-6-9-22-25(20)15-17/h6,9,13-15,18H,7-8,10-12H2,1-3H3. The van der Waals surface area contributed by atoms with Gasteiger partial charge >= 0.3 is 0 Å². The van der Waals surface area contributed by atoms with Crippen LogP contribution in [0.15, 0.2) is 30.7 Å². The summed E-state index contributed by atoms with van der Waals surface area (Å²) in [7, 11) is 1.69. The molecule has 0 unspecified atom stereocenters. The molecule has 1 aliphatic rings. The fourth-order valence-electron chi connectivity index (χ4n) is 3.90. The van der Waals surface area contributed by atoms with Gasteiger partial charge < -0.3 is 4.74 Å². The minimum atomic E-state index is 0.444. The van der Waals surface area contributed by atoms with Gasteiger partial charge in [0.1, 0.15) is 11.3 Å². The maximum atomic E-state index is 5.55. The Morgan fingerprint density at radius 3 is 2.81 bits per heavy atom. The molecule has 0 aliphatic carbocycles. The second-order valence-electron chi connectivity index (χ2n) is 6.98. The van der Waals surface area contributed by atoms with Crippen LogP contribution in [0.2, 0.25) is 0 Å². The van der Waals surface area contributed by atoms with Gasteiger partial charge in [-0.2, -0.15) is 10.2 Å². The van der Waals surface area contributed by atoms with E-state index in [9.17, 15) is 0 Å². The Labute approximate surface area is 159 Å². The highest BCUT2D eigenvalue weighted by Gasteiger charge is 2.23. The van der Waals surface area contributed by atoms with Crippen molar-refractivity contribution in [2.45, 2.75) is 32.7 Å². The van der Waals surface area contributed by atoms with E-state index in [2.05, 4.69) is 39.5 Å². The second kappa shape index (κ2) is 7.45. The molecule has 3 aromatic heterocycles. The molecule has 0 N–H and O–H groups in total. The summed E-state index contributed by atoms with van der Waals surface area (Å²) in [5, 5.41) is 9.09. The van der Waals surface area contributed by atoms with Crippen molar-refractivity contribution in [2.75, 3.05) is 26.7 Å². The smallest absolute Gasteiger partial charge is 0.145 e. The zero-order chi connectivity index (χ0) is 18.8. The summed E-state index contributed by atoms with van der Waals surface area (Å²) in [6.45, 7) is 7.06. The maximum absolute atomic E-state index is 5.55. The molecule has 4 heterocycles. The van der Waals surface area contributed by atoms with E-state index in [1.807, 2.05) is 29.9 Å². The number of pyridine rings is 1. The maximum Gasteiger partial charge on any atom is 0.145 e. The van der Waals surface area contributed by atoms with Gasteiger partial charge in [-0.15, -0.1) is 5.92 Å². The molecule has 0 spiro atoms. The number of likely N-dealkylation sites (tertiary alicyclic amines) is 1. The van der Waals surface area contributed by atoms with Crippen molar-refractivity contribution < 1.29 is 4.74 Å². The summed E-state index contributed by atoms with van der Waals surface area (Å²) in [4.78, 5) is 2.42. The van der Waals surface area contributed by atoms with Crippen molar-refractivity contribution in [3.63, 3.8) is 0 Å². The first kappa shape index (κ1) is 17.6. The highest BCUT2D eigenvalue weighted by molar-refractivity contribution is 5.71. The molecule has 1 aliphatic heterocycles. The van der Waals surface area contributed by atoms with Crippen LogP contribution in [-0.4, -0.2) is 51.0 Å². The summed E-state index contributed by atoms with van der Waals surface area (Å²) in [5.41, 5.74) is 4.36. The molecule has 0 aromatic carbocycles. The number of fused-ring (bicyclic) bond motifs is 1. The normalized spacial score (nSPS) is 15.7. The predicted octanol–water partition coefficient (Wildman–Crippen LogP) is 3.18. The van der Waals surface area contributed by atoms with Gasteiger partial charge in [-0.25, -0.2) is 4.52 Å². The van der Waals surface area contributed by atoms with Gasteiger partial charge in [-0.1, -0.05) is 5.92 Å². The lowest BCUT2D eigenvalue weighted by molar-refractivity contribution is 0.196. The Kier molecular flexibility index (Phi) is 4.87. The molecule has 0 saturated carbocycles. The Hall–Kier alpha value is -2.78. The highest BCUT2D eigenvalue weighted by atomic mass is 16.5. The predicted molar refractivity (Wildman–Crippen MR) is 106 cm³/mol. The molecular formula is C21H25N5O. The van der Waals surface area contributed by atoms with Gasteiger partial charge in [-0.05, 0) is 38.8 Å². The number of methoxy groups -OCH3 is 1. The molecule has 1 fully saturated rings. The average Bonchev–Trinajstić information content (AvgIpc) is 3.32. The van der Waals surface area contributed by atoms with E-state index in [1.165, 1.54) is 5.69 Å². The summed E-state index contributed by atoms with van der Waals surface area (Å²) in [5.74, 6) is 6.97. The number of rotatable bonds is 4. The molecule has 6 heteroatoms. The lowest BCUT2D eigenvalue weighted by Gasteiger charge is -2.31. The number of hydrogen-bond donors (Lipinski definition) is 0. The number of aromatic nitrogens is 4. The molecule has 1 saturated heterocycles. The van der Waals surface area contributed by atoms with Crippen LogP contribution in [-0.2, 0) is 0 Å². The van der Waals surface area contributed by atoms with E-state index in [0.29, 0.717) is 6.04 Å². The van der Waals surface area contributed by atoms with Gasteiger partial charge in [0.05, 0.1) is 32.1 Å². The van der Waals surface area contributed by atoms with E-state index >= 15 is 0 Å². The fraction of sp³-hybridized carbons (Fsp3) is 0.429. The third-order valence-corrected chi connectivity index (χ3v) is 5.43. The largest absolute Gasteiger partial charge is 0.494 e. The summed E-state index contributed by atoms with van der Waals surface area (Å²) in [6.07, 6.45) is 8.00. The lowest BCUT2D eigenvalue weighted by Crippen LogP contribution is -2.35. The molecule has 4 rings (SSSR count). The third kappa shape index (κ3) is 3.31. The quantitative estimate of drug-likeness (QED) is 0.668. The van der Waals surface area contributed by atoms with Gasteiger partial charge in [0.15, 0.2) is 0 Å². The first-order valence-corrected chi connectivity index (χ1v) is 9.39.